The summed E-state index contributed by atoms with van der Waals surface area (Å²) in [4.78, 5) is 15.6. The molecule has 0 amide bonds. The Hall–Kier alpha value is -2.95. The standard InChI is InChI=1S/C18H17NO4/c1-3-23-18(21)16-14-10-12(20)6-9-15(14)19-17(16)11-4-7-13(22-2)8-5-11/h4-10,19-20H,3H2,1-2H3. The maximum absolute atomic E-state index is 12.4. The molecular formula is C18H17NO4. The number of esters is 1. The van der Waals surface area contributed by atoms with E-state index < -0.39 is 5.97 Å². The summed E-state index contributed by atoms with van der Waals surface area (Å²) in [6.45, 7) is 2.05. The van der Waals surface area contributed by atoms with Crippen LogP contribution in [0.3, 0.4) is 0 Å². The molecule has 2 N–H and O–H groups in total. The number of aromatic hydroxyl groups is 1. The van der Waals surface area contributed by atoms with Crippen molar-refractivity contribution in [2.45, 2.75) is 6.92 Å². The van der Waals surface area contributed by atoms with Gasteiger partial charge in [-0.2, -0.15) is 0 Å². The minimum atomic E-state index is -0.421. The summed E-state index contributed by atoms with van der Waals surface area (Å²) >= 11 is 0. The molecular weight excluding hydrogens is 294 g/mol. The Balaban J connectivity index is 2.21. The smallest absolute Gasteiger partial charge is 0.340 e. The number of rotatable bonds is 4. The van der Waals surface area contributed by atoms with Gasteiger partial charge in [0.2, 0.25) is 0 Å². The summed E-state index contributed by atoms with van der Waals surface area (Å²) < 4.78 is 10.3. The van der Waals surface area contributed by atoms with Gasteiger partial charge in [0.15, 0.2) is 0 Å². The summed E-state index contributed by atoms with van der Waals surface area (Å²) in [6, 6.07) is 12.3. The van der Waals surface area contributed by atoms with Crippen molar-refractivity contribution in [3.63, 3.8) is 0 Å². The molecule has 5 nitrogen and oxygen atoms in total. The number of hydrogen-bond acceptors (Lipinski definition) is 4. The van der Waals surface area contributed by atoms with Crippen LogP contribution in [0.15, 0.2) is 42.5 Å². The summed E-state index contributed by atoms with van der Waals surface area (Å²) in [6.07, 6.45) is 0. The fourth-order valence-electron chi connectivity index (χ4n) is 2.57. The van der Waals surface area contributed by atoms with Crippen molar-refractivity contribution in [3.8, 4) is 22.8 Å². The number of fused-ring (bicyclic) bond motifs is 1. The van der Waals surface area contributed by atoms with Gasteiger partial charge in [0.25, 0.3) is 0 Å². The minimum Gasteiger partial charge on any atom is -0.508 e. The van der Waals surface area contributed by atoms with Gasteiger partial charge in [0, 0.05) is 10.9 Å². The first-order valence-electron chi connectivity index (χ1n) is 7.30. The number of aromatic amines is 1. The number of methoxy groups -OCH3 is 1. The average Bonchev–Trinajstić information content (AvgIpc) is 2.93. The van der Waals surface area contributed by atoms with Gasteiger partial charge < -0.3 is 19.6 Å². The van der Waals surface area contributed by atoms with Crippen LogP contribution in [-0.4, -0.2) is 29.8 Å². The quantitative estimate of drug-likeness (QED) is 0.720. The van der Waals surface area contributed by atoms with E-state index in [1.807, 2.05) is 24.3 Å². The Morgan fingerprint density at radius 2 is 1.91 bits per heavy atom. The highest BCUT2D eigenvalue weighted by atomic mass is 16.5. The van der Waals surface area contributed by atoms with E-state index in [2.05, 4.69) is 4.98 Å². The molecule has 1 heterocycles. The van der Waals surface area contributed by atoms with E-state index in [0.717, 1.165) is 16.8 Å². The lowest BCUT2D eigenvalue weighted by Gasteiger charge is -2.06. The van der Waals surface area contributed by atoms with Crippen LogP contribution < -0.4 is 4.74 Å². The van der Waals surface area contributed by atoms with Crippen LogP contribution in [0.4, 0.5) is 0 Å². The molecule has 0 unspecified atom stereocenters. The van der Waals surface area contributed by atoms with E-state index in [9.17, 15) is 9.90 Å². The van der Waals surface area contributed by atoms with Gasteiger partial charge in [-0.05, 0) is 55.0 Å². The van der Waals surface area contributed by atoms with Crippen LogP contribution >= 0.6 is 0 Å². The number of hydrogen-bond donors (Lipinski definition) is 2. The Bertz CT molecular complexity index is 849. The second-order valence-electron chi connectivity index (χ2n) is 5.05. The van der Waals surface area contributed by atoms with E-state index in [-0.39, 0.29) is 12.4 Å². The second-order valence-corrected chi connectivity index (χ2v) is 5.05. The molecule has 0 aliphatic heterocycles. The van der Waals surface area contributed by atoms with Crippen molar-refractivity contribution in [2.24, 2.45) is 0 Å². The third-order valence-electron chi connectivity index (χ3n) is 3.64. The van der Waals surface area contributed by atoms with E-state index in [0.29, 0.717) is 16.6 Å². The molecule has 0 spiro atoms. The van der Waals surface area contributed by atoms with Gasteiger partial charge in [-0.25, -0.2) is 4.79 Å². The maximum atomic E-state index is 12.4. The third kappa shape index (κ3) is 2.73. The van der Waals surface area contributed by atoms with Gasteiger partial charge in [0.1, 0.15) is 11.5 Å². The number of nitrogens with one attached hydrogen (secondary N) is 1. The number of carbonyl (C=O) groups excluding carboxylic acids is 1. The number of phenols is 1. The normalized spacial score (nSPS) is 10.7. The zero-order valence-electron chi connectivity index (χ0n) is 12.9. The van der Waals surface area contributed by atoms with Crippen molar-refractivity contribution >= 4 is 16.9 Å². The number of benzene rings is 2. The lowest BCUT2D eigenvalue weighted by molar-refractivity contribution is 0.0529. The summed E-state index contributed by atoms with van der Waals surface area (Å²) in [5, 5.41) is 10.4. The number of H-pyrrole nitrogens is 1. The number of ether oxygens (including phenoxy) is 2. The highest BCUT2D eigenvalue weighted by molar-refractivity contribution is 6.10. The molecule has 0 aliphatic rings. The fourth-order valence-corrected chi connectivity index (χ4v) is 2.57. The van der Waals surface area contributed by atoms with Crippen LogP contribution in [0.2, 0.25) is 0 Å². The molecule has 0 aliphatic carbocycles. The molecule has 0 atom stereocenters. The highest BCUT2D eigenvalue weighted by Crippen LogP contribution is 2.33. The Morgan fingerprint density at radius 3 is 2.57 bits per heavy atom. The van der Waals surface area contributed by atoms with Crippen molar-refractivity contribution in [2.75, 3.05) is 13.7 Å². The zero-order valence-corrected chi connectivity index (χ0v) is 12.9. The third-order valence-corrected chi connectivity index (χ3v) is 3.64. The molecule has 0 radical (unpaired) electrons. The molecule has 118 valence electrons. The van der Waals surface area contributed by atoms with E-state index in [1.165, 1.54) is 0 Å². The first-order chi connectivity index (χ1) is 11.1. The van der Waals surface area contributed by atoms with Gasteiger partial charge in [-0.3, -0.25) is 0 Å². The van der Waals surface area contributed by atoms with E-state index in [1.54, 1.807) is 32.2 Å². The lowest BCUT2D eigenvalue weighted by Crippen LogP contribution is -2.05. The highest BCUT2D eigenvalue weighted by Gasteiger charge is 2.21. The molecule has 0 saturated heterocycles. The summed E-state index contributed by atoms with van der Waals surface area (Å²) in [5.74, 6) is 0.415. The zero-order chi connectivity index (χ0) is 16.4. The molecule has 23 heavy (non-hydrogen) atoms. The minimum absolute atomic E-state index is 0.100. The van der Waals surface area contributed by atoms with Crippen LogP contribution in [0.1, 0.15) is 17.3 Å². The molecule has 2 aromatic carbocycles. The summed E-state index contributed by atoms with van der Waals surface area (Å²) in [5.41, 5.74) is 2.68. The Morgan fingerprint density at radius 1 is 1.17 bits per heavy atom. The monoisotopic (exact) mass is 311 g/mol. The number of aromatic nitrogens is 1. The van der Waals surface area contributed by atoms with E-state index >= 15 is 0 Å². The molecule has 0 bridgehead atoms. The van der Waals surface area contributed by atoms with Crippen molar-refractivity contribution < 1.29 is 19.4 Å². The fraction of sp³-hybridized carbons (Fsp3) is 0.167. The lowest BCUT2D eigenvalue weighted by atomic mass is 10.0. The van der Waals surface area contributed by atoms with Crippen LogP contribution in [0, 0.1) is 0 Å². The van der Waals surface area contributed by atoms with Gasteiger partial charge >= 0.3 is 5.97 Å². The first kappa shape index (κ1) is 15.0. The van der Waals surface area contributed by atoms with Crippen molar-refractivity contribution in [1.82, 2.24) is 4.98 Å². The topological polar surface area (TPSA) is 71.5 Å². The van der Waals surface area contributed by atoms with Crippen LogP contribution in [0.25, 0.3) is 22.2 Å². The predicted molar refractivity (Wildman–Crippen MR) is 87.9 cm³/mol. The second kappa shape index (κ2) is 6.04. The molecule has 3 rings (SSSR count). The molecule has 3 aromatic rings. The number of phenolic OH excluding ortho intramolecular Hbond substituents is 1. The van der Waals surface area contributed by atoms with Crippen LogP contribution in [0.5, 0.6) is 11.5 Å². The molecule has 0 saturated carbocycles. The molecule has 5 heteroatoms. The molecule has 0 fully saturated rings. The predicted octanol–water partition coefficient (Wildman–Crippen LogP) is 3.73. The Kier molecular flexibility index (Phi) is 3.93. The van der Waals surface area contributed by atoms with Gasteiger partial charge in [-0.1, -0.05) is 0 Å². The van der Waals surface area contributed by atoms with E-state index in [4.69, 9.17) is 9.47 Å². The molecule has 1 aromatic heterocycles. The average molecular weight is 311 g/mol. The Labute approximate surface area is 133 Å². The number of carbonyl (C=O) groups is 1. The first-order valence-corrected chi connectivity index (χ1v) is 7.30. The van der Waals surface area contributed by atoms with Crippen molar-refractivity contribution in [3.05, 3.63) is 48.0 Å². The summed E-state index contributed by atoms with van der Waals surface area (Å²) in [7, 11) is 1.60. The van der Waals surface area contributed by atoms with Gasteiger partial charge in [-0.15, -0.1) is 0 Å². The largest absolute Gasteiger partial charge is 0.508 e. The van der Waals surface area contributed by atoms with Crippen LogP contribution in [-0.2, 0) is 4.74 Å². The van der Waals surface area contributed by atoms with Crippen molar-refractivity contribution in [1.29, 1.82) is 0 Å². The van der Waals surface area contributed by atoms with Gasteiger partial charge in [0.05, 0.1) is 25.0 Å². The SMILES string of the molecule is CCOC(=O)c1c(-c2ccc(OC)cc2)[nH]c2ccc(O)cc12. The maximum Gasteiger partial charge on any atom is 0.340 e.